The summed E-state index contributed by atoms with van der Waals surface area (Å²) in [6.07, 6.45) is 1.45. The number of amides is 1. The molecule has 1 aromatic carbocycles. The quantitative estimate of drug-likeness (QED) is 0.887. The number of nitrogens with zero attached hydrogens (tertiary/aromatic N) is 2. The van der Waals surface area contributed by atoms with Gasteiger partial charge in [0.2, 0.25) is 0 Å². The maximum Gasteiger partial charge on any atom is 0.256 e. The first-order valence-electron chi connectivity index (χ1n) is 6.78. The molecule has 0 unspecified atom stereocenters. The number of aromatic nitrogens is 2. The molecule has 2 rings (SSSR count). The third-order valence-corrected chi connectivity index (χ3v) is 3.30. The topological polar surface area (TPSA) is 80.9 Å². The minimum Gasteiger partial charge on any atom is -0.383 e. The standard InChI is InChI=1S/C16H20N4O/c1-16(2,3)11-7-5-10(6-8-11)14-19-9-12(13(17)20-14)15(21)18-4/h5-9H,1-4H3,(H,18,21)(H2,17,19,20). The van der Waals surface area contributed by atoms with Gasteiger partial charge in [0.1, 0.15) is 5.82 Å². The molecule has 0 radical (unpaired) electrons. The summed E-state index contributed by atoms with van der Waals surface area (Å²) in [5.41, 5.74) is 8.32. The lowest BCUT2D eigenvalue weighted by Gasteiger charge is -2.19. The predicted octanol–water partition coefficient (Wildman–Crippen LogP) is 2.38. The van der Waals surface area contributed by atoms with Gasteiger partial charge in [0.25, 0.3) is 5.91 Å². The highest BCUT2D eigenvalue weighted by Crippen LogP contribution is 2.25. The highest BCUT2D eigenvalue weighted by atomic mass is 16.1. The Morgan fingerprint density at radius 2 is 1.81 bits per heavy atom. The lowest BCUT2D eigenvalue weighted by Crippen LogP contribution is -2.20. The molecule has 5 nitrogen and oxygen atoms in total. The van der Waals surface area contributed by atoms with E-state index in [-0.39, 0.29) is 22.7 Å². The number of rotatable bonds is 2. The van der Waals surface area contributed by atoms with Gasteiger partial charge in [-0.3, -0.25) is 4.79 Å². The molecule has 21 heavy (non-hydrogen) atoms. The van der Waals surface area contributed by atoms with Gasteiger partial charge in [-0.05, 0) is 11.0 Å². The highest BCUT2D eigenvalue weighted by molar-refractivity contribution is 5.98. The van der Waals surface area contributed by atoms with Crippen LogP contribution in [0.25, 0.3) is 11.4 Å². The van der Waals surface area contributed by atoms with Crippen LogP contribution in [0.2, 0.25) is 0 Å². The van der Waals surface area contributed by atoms with Crippen LogP contribution in [0, 0.1) is 0 Å². The first kappa shape index (κ1) is 15.0. The van der Waals surface area contributed by atoms with E-state index in [4.69, 9.17) is 5.73 Å². The Balaban J connectivity index is 2.35. The Bertz CT molecular complexity index is 657. The van der Waals surface area contributed by atoms with E-state index >= 15 is 0 Å². The molecular weight excluding hydrogens is 264 g/mol. The fourth-order valence-corrected chi connectivity index (χ4v) is 1.96. The number of carbonyl (C=O) groups is 1. The van der Waals surface area contributed by atoms with Crippen molar-refractivity contribution in [3.05, 3.63) is 41.6 Å². The molecule has 0 saturated carbocycles. The van der Waals surface area contributed by atoms with Gasteiger partial charge in [-0.1, -0.05) is 45.0 Å². The number of hydrogen-bond donors (Lipinski definition) is 2. The smallest absolute Gasteiger partial charge is 0.256 e. The van der Waals surface area contributed by atoms with Crippen molar-refractivity contribution in [1.29, 1.82) is 0 Å². The molecule has 1 heterocycles. The van der Waals surface area contributed by atoms with Crippen LogP contribution in [0.4, 0.5) is 5.82 Å². The summed E-state index contributed by atoms with van der Waals surface area (Å²) in [7, 11) is 1.54. The van der Waals surface area contributed by atoms with Crippen molar-refractivity contribution in [2.45, 2.75) is 26.2 Å². The normalized spacial score (nSPS) is 11.2. The van der Waals surface area contributed by atoms with Crippen LogP contribution in [-0.4, -0.2) is 22.9 Å². The summed E-state index contributed by atoms with van der Waals surface area (Å²) in [5.74, 6) is 0.405. The highest BCUT2D eigenvalue weighted by Gasteiger charge is 2.15. The van der Waals surface area contributed by atoms with Gasteiger partial charge in [-0.25, -0.2) is 9.97 Å². The molecule has 2 aromatic rings. The van der Waals surface area contributed by atoms with Gasteiger partial charge in [-0.15, -0.1) is 0 Å². The Morgan fingerprint density at radius 3 is 2.29 bits per heavy atom. The average Bonchev–Trinajstić information content (AvgIpc) is 2.45. The van der Waals surface area contributed by atoms with Crippen LogP contribution in [0.3, 0.4) is 0 Å². The molecule has 110 valence electrons. The molecule has 0 aliphatic heterocycles. The largest absolute Gasteiger partial charge is 0.383 e. The number of carbonyl (C=O) groups excluding carboxylic acids is 1. The summed E-state index contributed by atoms with van der Waals surface area (Å²) >= 11 is 0. The van der Waals surface area contributed by atoms with Crippen LogP contribution < -0.4 is 11.1 Å². The van der Waals surface area contributed by atoms with Crippen molar-refractivity contribution >= 4 is 11.7 Å². The Hall–Kier alpha value is -2.43. The second-order valence-electron chi connectivity index (χ2n) is 5.90. The van der Waals surface area contributed by atoms with Gasteiger partial charge in [0, 0.05) is 18.8 Å². The molecular formula is C16H20N4O. The zero-order valence-corrected chi connectivity index (χ0v) is 12.8. The average molecular weight is 284 g/mol. The maximum absolute atomic E-state index is 11.6. The van der Waals surface area contributed by atoms with E-state index in [9.17, 15) is 4.79 Å². The lowest BCUT2D eigenvalue weighted by molar-refractivity contribution is 0.0963. The van der Waals surface area contributed by atoms with Crippen molar-refractivity contribution in [3.8, 4) is 11.4 Å². The second-order valence-corrected chi connectivity index (χ2v) is 5.90. The van der Waals surface area contributed by atoms with Gasteiger partial charge < -0.3 is 11.1 Å². The zero-order chi connectivity index (χ0) is 15.6. The Morgan fingerprint density at radius 1 is 1.19 bits per heavy atom. The van der Waals surface area contributed by atoms with E-state index in [1.54, 1.807) is 7.05 Å². The molecule has 0 fully saturated rings. The van der Waals surface area contributed by atoms with Gasteiger partial charge in [0.05, 0.1) is 5.56 Å². The van der Waals surface area contributed by atoms with E-state index in [0.29, 0.717) is 5.82 Å². The van der Waals surface area contributed by atoms with Crippen LogP contribution in [0.1, 0.15) is 36.7 Å². The molecule has 1 amide bonds. The zero-order valence-electron chi connectivity index (χ0n) is 12.8. The third-order valence-electron chi connectivity index (χ3n) is 3.30. The first-order chi connectivity index (χ1) is 9.82. The van der Waals surface area contributed by atoms with Crippen molar-refractivity contribution in [2.75, 3.05) is 12.8 Å². The molecule has 5 heteroatoms. The van der Waals surface area contributed by atoms with E-state index < -0.39 is 0 Å². The summed E-state index contributed by atoms with van der Waals surface area (Å²) < 4.78 is 0. The monoisotopic (exact) mass is 284 g/mol. The Labute approximate surface area is 124 Å². The summed E-state index contributed by atoms with van der Waals surface area (Å²) in [5, 5.41) is 2.51. The van der Waals surface area contributed by atoms with Crippen molar-refractivity contribution in [2.24, 2.45) is 0 Å². The van der Waals surface area contributed by atoms with Crippen LogP contribution >= 0.6 is 0 Å². The van der Waals surface area contributed by atoms with Gasteiger partial charge >= 0.3 is 0 Å². The molecule has 0 aliphatic carbocycles. The minimum absolute atomic E-state index is 0.0987. The van der Waals surface area contributed by atoms with Crippen molar-refractivity contribution in [3.63, 3.8) is 0 Å². The molecule has 0 saturated heterocycles. The fourth-order valence-electron chi connectivity index (χ4n) is 1.96. The first-order valence-corrected chi connectivity index (χ1v) is 6.78. The van der Waals surface area contributed by atoms with E-state index in [2.05, 4.69) is 48.2 Å². The summed E-state index contributed by atoms with van der Waals surface area (Å²) in [6, 6.07) is 8.05. The number of benzene rings is 1. The van der Waals surface area contributed by atoms with E-state index in [0.717, 1.165) is 5.56 Å². The number of hydrogen-bond acceptors (Lipinski definition) is 4. The van der Waals surface area contributed by atoms with Crippen LogP contribution in [0.15, 0.2) is 30.5 Å². The lowest BCUT2D eigenvalue weighted by atomic mass is 9.87. The SMILES string of the molecule is CNC(=O)c1cnc(-c2ccc(C(C)(C)C)cc2)nc1N. The minimum atomic E-state index is -0.290. The van der Waals surface area contributed by atoms with Crippen LogP contribution in [0.5, 0.6) is 0 Å². The predicted molar refractivity (Wildman–Crippen MR) is 84.0 cm³/mol. The van der Waals surface area contributed by atoms with Gasteiger partial charge in [-0.2, -0.15) is 0 Å². The molecule has 0 aliphatic rings. The number of nitrogen functional groups attached to an aromatic ring is 1. The van der Waals surface area contributed by atoms with Crippen LogP contribution in [-0.2, 0) is 5.41 Å². The van der Waals surface area contributed by atoms with Crippen molar-refractivity contribution < 1.29 is 4.79 Å². The number of anilines is 1. The molecule has 3 N–H and O–H groups in total. The molecule has 0 bridgehead atoms. The molecule has 0 atom stereocenters. The van der Waals surface area contributed by atoms with E-state index in [1.165, 1.54) is 11.8 Å². The maximum atomic E-state index is 11.6. The number of nitrogens with one attached hydrogen (secondary N) is 1. The second kappa shape index (κ2) is 5.52. The van der Waals surface area contributed by atoms with Gasteiger partial charge in [0.15, 0.2) is 5.82 Å². The summed E-state index contributed by atoms with van der Waals surface area (Å²) in [6.45, 7) is 6.48. The Kier molecular flexibility index (Phi) is 3.93. The summed E-state index contributed by atoms with van der Waals surface area (Å²) in [4.78, 5) is 20.0. The molecule has 1 aromatic heterocycles. The van der Waals surface area contributed by atoms with E-state index in [1.807, 2.05) is 12.1 Å². The number of nitrogens with two attached hydrogens (primary N) is 1. The van der Waals surface area contributed by atoms with Crippen molar-refractivity contribution in [1.82, 2.24) is 15.3 Å². The molecule has 0 spiro atoms. The fraction of sp³-hybridized carbons (Fsp3) is 0.312. The third kappa shape index (κ3) is 3.18.